The predicted octanol–water partition coefficient (Wildman–Crippen LogP) is 18.8. The van der Waals surface area contributed by atoms with Crippen LogP contribution in [0.25, 0.3) is 0 Å². The van der Waals surface area contributed by atoms with Crippen molar-refractivity contribution in [2.45, 2.75) is 36.9 Å². The predicted molar refractivity (Wildman–Crippen MR) is 216 cm³/mol. The molecular formula is C14H18Br5Cl19. The van der Waals surface area contributed by atoms with Crippen LogP contribution in [0.4, 0.5) is 0 Å². The van der Waals surface area contributed by atoms with Crippen LogP contribution in [-0.4, -0.2) is 34.8 Å². The monoisotopic (exact) mass is 1250 g/mol. The van der Waals surface area contributed by atoms with Crippen molar-refractivity contribution in [3.05, 3.63) is 21.1 Å². The number of alkyl halides is 19. The first-order valence-corrected chi connectivity index (χ1v) is 20.1. The first kappa shape index (κ1) is 67.5. The maximum Gasteiger partial charge on any atom is 0.203 e. The maximum absolute atomic E-state index is 5.12. The molecule has 0 aliphatic heterocycles. The second-order valence-corrected chi connectivity index (χ2v) is 25.4. The molecule has 0 aromatic carbocycles. The lowest BCUT2D eigenvalue weighted by molar-refractivity contribution is 1.28. The van der Waals surface area contributed by atoms with E-state index in [4.69, 9.17) is 220 Å². The first-order chi connectivity index (χ1) is 16.6. The second-order valence-electron chi connectivity index (χ2n) is 3.26. The Morgan fingerprint density at radius 2 is 0.789 bits per heavy atom. The summed E-state index contributed by atoms with van der Waals surface area (Å²) in [7, 11) is 0. The smallest absolute Gasteiger partial charge is 0.127 e. The van der Waals surface area contributed by atoms with Gasteiger partial charge in [-0.2, -0.15) is 0 Å². The molecule has 0 rings (SSSR count). The molecule has 0 saturated heterocycles. The van der Waals surface area contributed by atoms with Crippen LogP contribution in [0.2, 0.25) is 0 Å². The summed E-state index contributed by atoms with van der Waals surface area (Å²) in [6.07, 6.45) is 0. The minimum Gasteiger partial charge on any atom is -0.127 e. The van der Waals surface area contributed by atoms with Crippen LogP contribution in [0.1, 0.15) is 13.8 Å². The lowest BCUT2D eigenvalue weighted by Gasteiger charge is -2.00. The first-order valence-electron chi connectivity index (χ1n) is 7.41. The van der Waals surface area contributed by atoms with Crippen molar-refractivity contribution in [3.8, 4) is 0 Å². The fraction of sp³-hybridized carbons (Fsp3) is 0.714. The van der Waals surface area contributed by atoms with E-state index in [1.54, 1.807) is 6.92 Å². The zero-order valence-electron chi connectivity index (χ0n) is 18.2. The molecule has 0 aromatic rings. The Kier molecular flexibility index (Phi) is 106. The number of halogens is 24. The molecule has 0 aromatic heterocycles. The van der Waals surface area contributed by atoms with E-state index < -0.39 is 12.4 Å². The highest BCUT2D eigenvalue weighted by molar-refractivity contribution is 9.38. The summed E-state index contributed by atoms with van der Waals surface area (Å²) in [5.41, 5.74) is 1.09. The van der Waals surface area contributed by atoms with Gasteiger partial charge in [0.05, 0.1) is 10.4 Å². The van der Waals surface area contributed by atoms with Gasteiger partial charge in [-0.05, 0) is 6.92 Å². The van der Waals surface area contributed by atoms with E-state index in [1.165, 1.54) is 0 Å². The highest BCUT2D eigenvalue weighted by atomic mass is 80.0. The molecule has 0 bridgehead atoms. The normalized spacial score (nSPS) is 8.71. The van der Waals surface area contributed by atoms with Gasteiger partial charge in [0, 0.05) is 11.4 Å². The van der Waals surface area contributed by atoms with Crippen molar-refractivity contribution in [1.82, 2.24) is 0 Å². The zero-order valence-corrected chi connectivity index (χ0v) is 40.4. The summed E-state index contributed by atoms with van der Waals surface area (Å²) in [5.74, 6) is 0.762. The van der Waals surface area contributed by atoms with Gasteiger partial charge in [0.25, 0.3) is 0 Å². The second kappa shape index (κ2) is 59.8. The van der Waals surface area contributed by atoms with E-state index in [9.17, 15) is 0 Å². The van der Waals surface area contributed by atoms with Gasteiger partial charge in [-0.1, -0.05) is 267 Å². The zero-order chi connectivity index (χ0) is 33.7. The number of rotatable bonds is 0. The Morgan fingerprint density at radius 3 is 0.789 bits per heavy atom. The van der Waals surface area contributed by atoms with Crippen LogP contribution in [-0.2, 0) is 0 Å². The highest BCUT2D eigenvalue weighted by Gasteiger charge is 2.16. The third-order valence-corrected chi connectivity index (χ3v) is 2.11. The molecule has 0 aliphatic carbocycles. The van der Waals surface area contributed by atoms with Crippen LogP contribution in [0.15, 0.2) is 21.1 Å². The van der Waals surface area contributed by atoms with Gasteiger partial charge in [-0.15, -0.1) is 46.4 Å². The van der Waals surface area contributed by atoms with Gasteiger partial charge in [-0.3, -0.25) is 0 Å². The molecule has 0 saturated carbocycles. The average molecular weight is 1260 g/mol. The third-order valence-electron chi connectivity index (χ3n) is 0.234. The maximum atomic E-state index is 5.12. The SMILES string of the molecule is BrC(Br)Br.C=C(Cl)Cl.CC(Cl)Cl.CCCl.ClC(Br)Br.ClC(Cl)Cl.ClC(Cl)Cl.ClC=C(Cl)Cl.ClCC(Cl)(Cl)Cl. The van der Waals surface area contributed by atoms with E-state index in [-0.39, 0.29) is 25.5 Å². The summed E-state index contributed by atoms with van der Waals surface area (Å²) in [6, 6.07) is 0. The van der Waals surface area contributed by atoms with E-state index in [1.807, 2.05) is 6.92 Å². The molecule has 38 heavy (non-hydrogen) atoms. The quantitative estimate of drug-likeness (QED) is 0.212. The largest absolute Gasteiger partial charge is 0.203 e. The molecule has 0 nitrogen and oxygen atoms in total. The lowest BCUT2D eigenvalue weighted by Crippen LogP contribution is -2.01. The van der Waals surface area contributed by atoms with Crippen molar-refractivity contribution in [2.24, 2.45) is 0 Å². The molecule has 0 amide bonds. The number of hydrogen-bond acceptors (Lipinski definition) is 0. The molecule has 0 aliphatic rings. The van der Waals surface area contributed by atoms with Gasteiger partial charge < -0.3 is 0 Å². The molecule has 0 radical (unpaired) electrons. The summed E-state index contributed by atoms with van der Waals surface area (Å²) in [4.78, 5) is -0.222. The fourth-order valence-corrected chi connectivity index (χ4v) is 0. The van der Waals surface area contributed by atoms with Crippen molar-refractivity contribution in [3.63, 3.8) is 0 Å². The van der Waals surface area contributed by atoms with Crippen LogP contribution in [0, 0.1) is 0 Å². The van der Waals surface area contributed by atoms with Gasteiger partial charge in [0.15, 0.2) is 8.59 Å². The fourth-order valence-electron chi connectivity index (χ4n) is 0. The van der Waals surface area contributed by atoms with E-state index in [0.717, 1.165) is 11.4 Å². The summed E-state index contributed by atoms with van der Waals surface area (Å²) in [6.45, 7) is 6.67. The standard InChI is InChI=1S/C2H2Cl4.C2HCl3.C2H4Cl2.C2H2Cl2.C2H5Cl.CHBr3.CHBr2Cl.2CHCl3/c3-1-2(4,5)6;3-1-2(4)5;2*1-2(3)4;1-2-3;4*2-1(3)4/h1H2;1H;2H,1H3;1H2;2H2,1H3;4*1H. The molecular weight excluding hydrogens is 1240 g/mol. The Morgan fingerprint density at radius 1 is 0.737 bits per heavy atom. The minimum atomic E-state index is -1.28. The van der Waals surface area contributed by atoms with Gasteiger partial charge in [0.1, 0.15) is 15.2 Å². The molecule has 0 spiro atoms. The third kappa shape index (κ3) is 508. The molecule has 242 valence electrons. The molecule has 0 atom stereocenters. The number of hydrogen-bond donors (Lipinski definition) is 0. The lowest BCUT2D eigenvalue weighted by atomic mass is 10.9. The topological polar surface area (TPSA) is 0 Å². The van der Waals surface area contributed by atoms with Crippen molar-refractivity contribution < 1.29 is 0 Å². The van der Waals surface area contributed by atoms with Crippen molar-refractivity contribution in [1.29, 1.82) is 0 Å². The van der Waals surface area contributed by atoms with Crippen LogP contribution >= 0.6 is 300 Å². The highest BCUT2D eigenvalue weighted by Crippen LogP contribution is 2.26. The van der Waals surface area contributed by atoms with Gasteiger partial charge in [0.2, 0.25) is 3.79 Å². The Bertz CT molecular complexity index is 353. The summed E-state index contributed by atoms with van der Waals surface area (Å²) >= 11 is 109. The summed E-state index contributed by atoms with van der Waals surface area (Å²) < 4.78 is -2.37. The summed E-state index contributed by atoms with van der Waals surface area (Å²) in [5, 5.41) is 0. The molecule has 0 fully saturated rings. The van der Waals surface area contributed by atoms with Gasteiger partial charge >= 0.3 is 0 Å². The van der Waals surface area contributed by atoms with Gasteiger partial charge in [-0.25, -0.2) is 0 Å². The van der Waals surface area contributed by atoms with E-state index in [2.05, 4.69) is 86.2 Å². The molecule has 24 heteroatoms. The van der Waals surface area contributed by atoms with Crippen LogP contribution in [0.5, 0.6) is 0 Å². The molecule has 0 heterocycles. The van der Waals surface area contributed by atoms with E-state index in [0.29, 0.717) is 0 Å². The van der Waals surface area contributed by atoms with Crippen LogP contribution in [0.3, 0.4) is 0 Å². The molecule has 0 N–H and O–H groups in total. The average Bonchev–Trinajstić information content (AvgIpc) is 2.59. The molecule has 0 unspecified atom stereocenters. The Hall–Kier alpha value is 7.39. The Labute approximate surface area is 363 Å². The van der Waals surface area contributed by atoms with Crippen molar-refractivity contribution in [2.75, 3.05) is 11.8 Å². The van der Waals surface area contributed by atoms with Crippen LogP contribution < -0.4 is 0 Å². The van der Waals surface area contributed by atoms with Crippen molar-refractivity contribution >= 4 is 300 Å². The van der Waals surface area contributed by atoms with E-state index >= 15 is 0 Å². The Balaban J connectivity index is -0.0000000358. The minimum absolute atomic E-state index is 0.0394.